The van der Waals surface area contributed by atoms with E-state index < -0.39 is 0 Å². The van der Waals surface area contributed by atoms with Crippen LogP contribution in [0.3, 0.4) is 0 Å². The van der Waals surface area contributed by atoms with Gasteiger partial charge in [-0.25, -0.2) is 0 Å². The average molecular weight is 413 g/mol. The SMILES string of the molecule is CNCC(=O)N1CCN(c2ccc(Cl)cc2Cl)[C@H](c2ccc(Cl)cc2)C1. The molecule has 1 N–H and O–H groups in total. The highest BCUT2D eigenvalue weighted by atomic mass is 35.5. The number of anilines is 1. The number of rotatable bonds is 4. The molecule has 0 aromatic heterocycles. The molecule has 4 nitrogen and oxygen atoms in total. The van der Waals surface area contributed by atoms with E-state index in [0.29, 0.717) is 41.2 Å². The van der Waals surface area contributed by atoms with Gasteiger partial charge in [0.1, 0.15) is 0 Å². The zero-order valence-electron chi connectivity index (χ0n) is 14.4. The summed E-state index contributed by atoms with van der Waals surface area (Å²) >= 11 is 18.5. The maximum atomic E-state index is 12.4. The average Bonchev–Trinajstić information content (AvgIpc) is 2.62. The van der Waals surface area contributed by atoms with Gasteiger partial charge in [0.05, 0.1) is 23.3 Å². The predicted molar refractivity (Wildman–Crippen MR) is 109 cm³/mol. The van der Waals surface area contributed by atoms with Crippen LogP contribution in [0.15, 0.2) is 42.5 Å². The second-order valence-corrected chi connectivity index (χ2v) is 7.51. The third-order valence-electron chi connectivity index (χ3n) is 4.54. The quantitative estimate of drug-likeness (QED) is 0.815. The van der Waals surface area contributed by atoms with Crippen LogP contribution < -0.4 is 10.2 Å². The molecule has 1 saturated heterocycles. The summed E-state index contributed by atoms with van der Waals surface area (Å²) in [6, 6.07) is 13.2. The van der Waals surface area contributed by atoms with Gasteiger partial charge in [-0.05, 0) is 42.9 Å². The highest BCUT2D eigenvalue weighted by Crippen LogP contribution is 2.36. The first-order chi connectivity index (χ1) is 12.5. The number of carbonyl (C=O) groups is 1. The van der Waals surface area contributed by atoms with Crippen molar-refractivity contribution in [3.05, 3.63) is 63.1 Å². The molecule has 1 aliphatic rings. The lowest BCUT2D eigenvalue weighted by molar-refractivity contribution is -0.131. The molecule has 7 heteroatoms. The molecule has 1 aliphatic heterocycles. The van der Waals surface area contributed by atoms with E-state index >= 15 is 0 Å². The molecule has 2 aromatic rings. The lowest BCUT2D eigenvalue weighted by Crippen LogP contribution is -2.52. The van der Waals surface area contributed by atoms with E-state index in [9.17, 15) is 4.79 Å². The predicted octanol–water partition coefficient (Wildman–Crippen LogP) is 4.26. The summed E-state index contributed by atoms with van der Waals surface area (Å²) in [4.78, 5) is 16.5. The standard InChI is InChI=1S/C19H20Cl3N3O/c1-23-11-19(26)24-8-9-25(17-7-6-15(21)10-16(17)22)18(12-24)13-2-4-14(20)5-3-13/h2-7,10,18,23H,8-9,11-12H2,1H3/t18-/m0/s1. The molecule has 0 radical (unpaired) electrons. The minimum absolute atomic E-state index is 0.0134. The Balaban J connectivity index is 1.94. The Kier molecular flexibility index (Phi) is 6.30. The van der Waals surface area contributed by atoms with Crippen LogP contribution in [0.1, 0.15) is 11.6 Å². The molecule has 1 atom stereocenters. The van der Waals surface area contributed by atoms with Crippen molar-refractivity contribution in [2.45, 2.75) is 6.04 Å². The van der Waals surface area contributed by atoms with Gasteiger partial charge in [-0.2, -0.15) is 0 Å². The van der Waals surface area contributed by atoms with E-state index in [4.69, 9.17) is 34.8 Å². The fourth-order valence-electron chi connectivity index (χ4n) is 3.25. The number of carbonyl (C=O) groups excluding carboxylic acids is 1. The van der Waals surface area contributed by atoms with Gasteiger partial charge in [0.15, 0.2) is 0 Å². The number of amides is 1. The number of benzene rings is 2. The number of halogens is 3. The summed E-state index contributed by atoms with van der Waals surface area (Å²) in [5.41, 5.74) is 2.00. The Hall–Kier alpha value is -1.46. The van der Waals surface area contributed by atoms with Crippen LogP contribution in [0.25, 0.3) is 0 Å². The third kappa shape index (κ3) is 4.26. The van der Waals surface area contributed by atoms with E-state index in [1.54, 1.807) is 13.1 Å². The van der Waals surface area contributed by atoms with Gasteiger partial charge < -0.3 is 15.1 Å². The van der Waals surface area contributed by atoms with Gasteiger partial charge in [0.25, 0.3) is 0 Å². The molecule has 0 saturated carbocycles. The van der Waals surface area contributed by atoms with Crippen molar-refractivity contribution in [1.29, 1.82) is 0 Å². The van der Waals surface area contributed by atoms with Crippen molar-refractivity contribution in [3.63, 3.8) is 0 Å². The van der Waals surface area contributed by atoms with Gasteiger partial charge >= 0.3 is 0 Å². The number of likely N-dealkylation sites (N-methyl/N-ethyl adjacent to an activating group) is 1. The Morgan fingerprint density at radius 2 is 1.77 bits per heavy atom. The minimum Gasteiger partial charge on any atom is -0.360 e. The first kappa shape index (κ1) is 19.3. The summed E-state index contributed by atoms with van der Waals surface area (Å²) in [5, 5.41) is 4.82. The highest BCUT2D eigenvalue weighted by molar-refractivity contribution is 6.36. The van der Waals surface area contributed by atoms with Crippen molar-refractivity contribution < 1.29 is 4.79 Å². The number of piperazine rings is 1. The number of nitrogens with one attached hydrogen (secondary N) is 1. The summed E-state index contributed by atoms with van der Waals surface area (Å²) in [6.07, 6.45) is 0. The van der Waals surface area contributed by atoms with Crippen molar-refractivity contribution in [2.75, 3.05) is 38.1 Å². The van der Waals surface area contributed by atoms with Crippen LogP contribution in [-0.2, 0) is 4.79 Å². The normalized spacial score (nSPS) is 17.5. The first-order valence-corrected chi connectivity index (χ1v) is 9.52. The largest absolute Gasteiger partial charge is 0.360 e. The molecule has 2 aromatic carbocycles. The molecule has 1 heterocycles. The summed E-state index contributed by atoms with van der Waals surface area (Å²) < 4.78 is 0. The fraction of sp³-hybridized carbons (Fsp3) is 0.316. The van der Waals surface area contributed by atoms with Crippen LogP contribution in [0.2, 0.25) is 15.1 Å². The maximum Gasteiger partial charge on any atom is 0.236 e. The number of hydrogen-bond donors (Lipinski definition) is 1. The lowest BCUT2D eigenvalue weighted by Gasteiger charge is -2.43. The number of nitrogens with zero attached hydrogens (tertiary/aromatic N) is 2. The van der Waals surface area contributed by atoms with Crippen molar-refractivity contribution in [2.24, 2.45) is 0 Å². The molecule has 1 fully saturated rings. The summed E-state index contributed by atoms with van der Waals surface area (Å²) in [6.45, 7) is 2.24. The van der Waals surface area contributed by atoms with E-state index in [-0.39, 0.29) is 11.9 Å². The summed E-state index contributed by atoms with van der Waals surface area (Å²) in [5.74, 6) is 0.0910. The zero-order chi connectivity index (χ0) is 18.7. The highest BCUT2D eigenvalue weighted by Gasteiger charge is 2.31. The molecule has 0 bridgehead atoms. The van der Waals surface area contributed by atoms with E-state index in [1.165, 1.54) is 0 Å². The molecular weight excluding hydrogens is 393 g/mol. The second-order valence-electron chi connectivity index (χ2n) is 6.23. The Morgan fingerprint density at radius 3 is 2.42 bits per heavy atom. The van der Waals surface area contributed by atoms with Crippen molar-refractivity contribution >= 4 is 46.4 Å². The van der Waals surface area contributed by atoms with Crippen LogP contribution in [0.5, 0.6) is 0 Å². The first-order valence-electron chi connectivity index (χ1n) is 8.39. The van der Waals surface area contributed by atoms with Crippen molar-refractivity contribution in [1.82, 2.24) is 10.2 Å². The molecule has 26 heavy (non-hydrogen) atoms. The molecule has 138 valence electrons. The second kappa shape index (κ2) is 8.49. The smallest absolute Gasteiger partial charge is 0.236 e. The molecule has 1 amide bonds. The molecule has 0 unspecified atom stereocenters. The maximum absolute atomic E-state index is 12.4. The Bertz CT molecular complexity index is 782. The Morgan fingerprint density at radius 1 is 1.08 bits per heavy atom. The van der Waals surface area contributed by atoms with Gasteiger partial charge in [-0.15, -0.1) is 0 Å². The monoisotopic (exact) mass is 411 g/mol. The van der Waals surface area contributed by atoms with Crippen LogP contribution >= 0.6 is 34.8 Å². The minimum atomic E-state index is -0.0134. The molecular formula is C19H20Cl3N3O. The van der Waals surface area contributed by atoms with Gasteiger partial charge in [-0.3, -0.25) is 4.79 Å². The van der Waals surface area contributed by atoms with E-state index in [0.717, 1.165) is 11.3 Å². The van der Waals surface area contributed by atoms with E-state index in [2.05, 4.69) is 10.2 Å². The summed E-state index contributed by atoms with van der Waals surface area (Å²) in [7, 11) is 1.78. The van der Waals surface area contributed by atoms with Crippen LogP contribution in [0, 0.1) is 0 Å². The van der Waals surface area contributed by atoms with Crippen LogP contribution in [0.4, 0.5) is 5.69 Å². The van der Waals surface area contributed by atoms with Crippen LogP contribution in [-0.4, -0.2) is 44.0 Å². The van der Waals surface area contributed by atoms with Gasteiger partial charge in [-0.1, -0.05) is 46.9 Å². The Labute approximate surface area is 168 Å². The fourth-order valence-corrected chi connectivity index (χ4v) is 3.89. The molecule has 0 spiro atoms. The van der Waals surface area contributed by atoms with Crippen molar-refractivity contribution in [3.8, 4) is 0 Å². The van der Waals surface area contributed by atoms with Gasteiger partial charge in [0.2, 0.25) is 5.91 Å². The zero-order valence-corrected chi connectivity index (χ0v) is 16.7. The lowest BCUT2D eigenvalue weighted by atomic mass is 10.0. The molecule has 0 aliphatic carbocycles. The number of hydrogen-bond acceptors (Lipinski definition) is 3. The third-order valence-corrected chi connectivity index (χ3v) is 5.32. The van der Waals surface area contributed by atoms with Gasteiger partial charge in [0, 0.05) is 29.7 Å². The van der Waals surface area contributed by atoms with E-state index in [1.807, 2.05) is 41.3 Å². The topological polar surface area (TPSA) is 35.6 Å². The molecule has 3 rings (SSSR count).